The van der Waals surface area contributed by atoms with Gasteiger partial charge in [-0.2, -0.15) is 0 Å². The first kappa shape index (κ1) is 22.3. The normalized spacial score (nSPS) is 17.8. The van der Waals surface area contributed by atoms with Crippen molar-refractivity contribution in [2.75, 3.05) is 0 Å². The molecule has 7 nitrogen and oxygen atoms in total. The van der Waals surface area contributed by atoms with Crippen LogP contribution in [0.25, 0.3) is 0 Å². The molecule has 33 heavy (non-hydrogen) atoms. The van der Waals surface area contributed by atoms with Crippen LogP contribution in [0.4, 0.5) is 4.79 Å². The molecule has 1 aliphatic rings. The zero-order valence-corrected chi connectivity index (χ0v) is 18.8. The summed E-state index contributed by atoms with van der Waals surface area (Å²) in [5.41, 5.74) is 1.95. The molecule has 0 saturated carbocycles. The highest BCUT2D eigenvalue weighted by molar-refractivity contribution is 6.07. The summed E-state index contributed by atoms with van der Waals surface area (Å²) >= 11 is 0. The van der Waals surface area contributed by atoms with E-state index in [2.05, 4.69) is 17.6 Å². The van der Waals surface area contributed by atoms with Crippen LogP contribution in [0.1, 0.15) is 53.1 Å². The first-order valence-electron chi connectivity index (χ1n) is 11.0. The molecule has 1 aliphatic heterocycles. The Bertz CT molecular complexity index is 1150. The molecule has 0 aliphatic carbocycles. The number of carbonyl (C=O) groups excluding carboxylic acids is 3. The van der Waals surface area contributed by atoms with E-state index in [1.54, 1.807) is 49.6 Å². The van der Waals surface area contributed by atoms with Crippen molar-refractivity contribution in [1.82, 2.24) is 15.5 Å². The number of rotatable bonds is 8. The molecule has 1 aromatic heterocycles. The fourth-order valence-electron chi connectivity index (χ4n) is 4.01. The van der Waals surface area contributed by atoms with Crippen molar-refractivity contribution in [2.45, 2.75) is 45.3 Å². The van der Waals surface area contributed by atoms with Crippen LogP contribution in [0.15, 0.2) is 71.3 Å². The third-order valence-electron chi connectivity index (χ3n) is 5.88. The summed E-state index contributed by atoms with van der Waals surface area (Å²) in [6.07, 6.45) is 3.56. The van der Waals surface area contributed by atoms with Crippen molar-refractivity contribution in [3.05, 3.63) is 94.9 Å². The van der Waals surface area contributed by atoms with E-state index >= 15 is 0 Å². The highest BCUT2D eigenvalue weighted by Crippen LogP contribution is 2.30. The number of furan rings is 1. The number of hydrogen-bond donors (Lipinski definition) is 2. The van der Waals surface area contributed by atoms with E-state index in [0.29, 0.717) is 16.9 Å². The second-order valence-corrected chi connectivity index (χ2v) is 8.36. The maximum absolute atomic E-state index is 13.3. The molecule has 0 spiro atoms. The number of nitrogens with one attached hydrogen (secondary N) is 2. The largest absolute Gasteiger partial charge is 0.467 e. The molecule has 1 unspecified atom stereocenters. The number of amides is 4. The molecule has 7 heteroatoms. The lowest BCUT2D eigenvalue weighted by molar-refractivity contribution is -0.131. The minimum absolute atomic E-state index is 0.0769. The van der Waals surface area contributed by atoms with Gasteiger partial charge >= 0.3 is 6.03 Å². The van der Waals surface area contributed by atoms with Crippen LogP contribution in [0.3, 0.4) is 0 Å². The Balaban J connectivity index is 1.46. The van der Waals surface area contributed by atoms with Crippen molar-refractivity contribution in [3.8, 4) is 0 Å². The van der Waals surface area contributed by atoms with E-state index in [1.807, 2.05) is 24.3 Å². The molecule has 2 N–H and O–H groups in total. The molecule has 3 aromatic rings. The van der Waals surface area contributed by atoms with E-state index in [-0.39, 0.29) is 24.9 Å². The Morgan fingerprint density at radius 2 is 1.85 bits per heavy atom. The third kappa shape index (κ3) is 4.67. The van der Waals surface area contributed by atoms with E-state index in [1.165, 1.54) is 10.5 Å². The number of hydrogen-bond acceptors (Lipinski definition) is 4. The number of benzene rings is 2. The van der Waals surface area contributed by atoms with E-state index in [9.17, 15) is 14.4 Å². The Morgan fingerprint density at radius 1 is 1.06 bits per heavy atom. The van der Waals surface area contributed by atoms with Gasteiger partial charge in [0.15, 0.2) is 0 Å². The van der Waals surface area contributed by atoms with Crippen LogP contribution in [-0.4, -0.2) is 22.7 Å². The van der Waals surface area contributed by atoms with E-state index < -0.39 is 11.6 Å². The highest BCUT2D eigenvalue weighted by atomic mass is 16.3. The van der Waals surface area contributed by atoms with Crippen molar-refractivity contribution in [3.63, 3.8) is 0 Å². The molecule has 2 heterocycles. The number of imide groups is 1. The maximum atomic E-state index is 13.3. The summed E-state index contributed by atoms with van der Waals surface area (Å²) in [6, 6.07) is 17.8. The van der Waals surface area contributed by atoms with E-state index in [4.69, 9.17) is 4.42 Å². The summed E-state index contributed by atoms with van der Waals surface area (Å²) < 4.78 is 5.23. The van der Waals surface area contributed by atoms with Crippen molar-refractivity contribution >= 4 is 17.8 Å². The molecule has 0 radical (unpaired) electrons. The number of carbonyl (C=O) groups is 3. The molecule has 2 aromatic carbocycles. The van der Waals surface area contributed by atoms with Gasteiger partial charge in [-0.25, -0.2) is 4.79 Å². The van der Waals surface area contributed by atoms with Gasteiger partial charge in [-0.05, 0) is 54.3 Å². The molecule has 1 atom stereocenters. The number of urea groups is 1. The second-order valence-electron chi connectivity index (χ2n) is 8.36. The van der Waals surface area contributed by atoms with Gasteiger partial charge < -0.3 is 15.1 Å². The lowest BCUT2D eigenvalue weighted by Crippen LogP contribution is -2.40. The topological polar surface area (TPSA) is 91.7 Å². The van der Waals surface area contributed by atoms with Crippen LogP contribution in [-0.2, 0) is 29.8 Å². The molecule has 1 fully saturated rings. The van der Waals surface area contributed by atoms with E-state index in [0.717, 1.165) is 18.4 Å². The molecular formula is C26H27N3O4. The standard InChI is InChI=1S/C26H27N3O4/c1-3-6-18-10-12-21(13-11-18)26(2)24(31)29(25(32)28-26)17-19-7-4-8-20(15-19)23(30)27-16-22-9-5-14-33-22/h4-5,7-15H,3,6,16-17H2,1-2H3,(H,27,30)(H,28,32). The quantitative estimate of drug-likeness (QED) is 0.510. The Kier molecular flexibility index (Phi) is 6.31. The predicted molar refractivity (Wildman–Crippen MR) is 123 cm³/mol. The van der Waals surface area contributed by atoms with Crippen LogP contribution in [0.5, 0.6) is 0 Å². The zero-order valence-electron chi connectivity index (χ0n) is 18.8. The van der Waals surface area contributed by atoms with Gasteiger partial charge in [0.2, 0.25) is 0 Å². The van der Waals surface area contributed by atoms with Gasteiger partial charge in [0.25, 0.3) is 11.8 Å². The minimum atomic E-state index is -1.13. The first-order valence-corrected chi connectivity index (χ1v) is 11.0. The maximum Gasteiger partial charge on any atom is 0.325 e. The van der Waals surface area contributed by atoms with Gasteiger partial charge in [0.05, 0.1) is 19.4 Å². The van der Waals surface area contributed by atoms with Crippen LogP contribution >= 0.6 is 0 Å². The average Bonchev–Trinajstić information content (AvgIpc) is 3.41. The second kappa shape index (κ2) is 9.32. The fraction of sp³-hybridized carbons (Fsp3) is 0.269. The summed E-state index contributed by atoms with van der Waals surface area (Å²) in [5, 5.41) is 5.63. The van der Waals surface area contributed by atoms with Gasteiger partial charge in [-0.3, -0.25) is 14.5 Å². The van der Waals surface area contributed by atoms with Crippen LogP contribution in [0, 0.1) is 0 Å². The average molecular weight is 446 g/mol. The number of aryl methyl sites for hydroxylation is 1. The first-order chi connectivity index (χ1) is 15.9. The Hall–Kier alpha value is -3.87. The summed E-state index contributed by atoms with van der Waals surface area (Å²) in [7, 11) is 0. The van der Waals surface area contributed by atoms with Crippen molar-refractivity contribution in [1.29, 1.82) is 0 Å². The van der Waals surface area contributed by atoms with Crippen molar-refractivity contribution in [2.24, 2.45) is 0 Å². The molecule has 1 saturated heterocycles. The van der Waals surface area contributed by atoms with Crippen LogP contribution in [0.2, 0.25) is 0 Å². The zero-order chi connectivity index (χ0) is 23.4. The van der Waals surface area contributed by atoms with Gasteiger partial charge in [0.1, 0.15) is 11.3 Å². The predicted octanol–water partition coefficient (Wildman–Crippen LogP) is 4.13. The molecule has 0 bridgehead atoms. The third-order valence-corrected chi connectivity index (χ3v) is 5.88. The smallest absolute Gasteiger partial charge is 0.325 e. The lowest BCUT2D eigenvalue weighted by atomic mass is 9.91. The lowest BCUT2D eigenvalue weighted by Gasteiger charge is -2.22. The SMILES string of the molecule is CCCc1ccc(C2(C)NC(=O)N(Cc3cccc(C(=O)NCc4ccco4)c3)C2=O)cc1. The van der Waals surface area contributed by atoms with Gasteiger partial charge in [0, 0.05) is 5.56 Å². The molecule has 4 amide bonds. The molecule has 170 valence electrons. The van der Waals surface area contributed by atoms with Gasteiger partial charge in [-0.15, -0.1) is 0 Å². The fourth-order valence-corrected chi connectivity index (χ4v) is 4.01. The Morgan fingerprint density at radius 3 is 2.55 bits per heavy atom. The number of nitrogens with zero attached hydrogens (tertiary/aromatic N) is 1. The van der Waals surface area contributed by atoms with Crippen molar-refractivity contribution < 1.29 is 18.8 Å². The molecule has 4 rings (SSSR count). The minimum Gasteiger partial charge on any atom is -0.467 e. The summed E-state index contributed by atoms with van der Waals surface area (Å²) in [5.74, 6) is 0.0757. The highest BCUT2D eigenvalue weighted by Gasteiger charge is 2.48. The summed E-state index contributed by atoms with van der Waals surface area (Å²) in [6.45, 7) is 4.19. The molecular weight excluding hydrogens is 418 g/mol. The monoisotopic (exact) mass is 445 g/mol. The Labute approximate surface area is 192 Å². The van der Waals surface area contributed by atoms with Gasteiger partial charge in [-0.1, -0.05) is 49.7 Å². The summed E-state index contributed by atoms with van der Waals surface area (Å²) in [4.78, 5) is 39.7. The van der Waals surface area contributed by atoms with Crippen LogP contribution < -0.4 is 10.6 Å².